The van der Waals surface area contributed by atoms with E-state index in [0.29, 0.717) is 5.95 Å². The van der Waals surface area contributed by atoms with Crippen LogP contribution in [-0.2, 0) is 6.42 Å². The zero-order valence-electron chi connectivity index (χ0n) is 14.1. The fraction of sp³-hybridized carbons (Fsp3) is 0.222. The van der Waals surface area contributed by atoms with Gasteiger partial charge in [0.2, 0.25) is 5.95 Å². The van der Waals surface area contributed by atoms with Gasteiger partial charge in [-0.15, -0.1) is 0 Å². The molecule has 0 saturated carbocycles. The molecular formula is C18H20N6O. The minimum Gasteiger partial charge on any atom is -0.508 e. The van der Waals surface area contributed by atoms with Gasteiger partial charge in [-0.05, 0) is 26.0 Å². The molecule has 0 spiro atoms. The van der Waals surface area contributed by atoms with E-state index in [1.165, 1.54) is 0 Å². The van der Waals surface area contributed by atoms with Crippen LogP contribution in [0.15, 0.2) is 48.9 Å². The van der Waals surface area contributed by atoms with Gasteiger partial charge in [-0.2, -0.15) is 4.98 Å². The maximum absolute atomic E-state index is 9.56. The number of benzene rings is 1. The van der Waals surface area contributed by atoms with E-state index in [0.717, 1.165) is 29.3 Å². The van der Waals surface area contributed by atoms with Gasteiger partial charge < -0.3 is 15.7 Å². The summed E-state index contributed by atoms with van der Waals surface area (Å²) in [5.41, 5.74) is 2.49. The Morgan fingerprint density at radius 2 is 2.04 bits per heavy atom. The number of nitrogens with zero attached hydrogens (tertiary/aromatic N) is 4. The monoisotopic (exact) mass is 336 g/mol. The predicted octanol–water partition coefficient (Wildman–Crippen LogP) is 3.07. The molecule has 1 aromatic carbocycles. The third-order valence-electron chi connectivity index (χ3n) is 3.48. The Morgan fingerprint density at radius 1 is 1.16 bits per heavy atom. The number of hydrogen-bond donors (Lipinski definition) is 3. The van der Waals surface area contributed by atoms with Crippen molar-refractivity contribution in [2.45, 2.75) is 26.3 Å². The first kappa shape index (κ1) is 16.6. The molecule has 25 heavy (non-hydrogen) atoms. The van der Waals surface area contributed by atoms with Crippen LogP contribution in [0, 0.1) is 6.92 Å². The predicted molar refractivity (Wildman–Crippen MR) is 97.0 cm³/mol. The van der Waals surface area contributed by atoms with E-state index < -0.39 is 0 Å². The molecule has 7 heteroatoms. The molecule has 0 fully saturated rings. The molecule has 0 bridgehead atoms. The summed E-state index contributed by atoms with van der Waals surface area (Å²) in [6.45, 7) is 3.97. The number of hydrogen-bond acceptors (Lipinski definition) is 7. The smallest absolute Gasteiger partial charge is 0.229 e. The lowest BCUT2D eigenvalue weighted by molar-refractivity contribution is 0.475. The second kappa shape index (κ2) is 7.57. The molecule has 0 aliphatic rings. The lowest BCUT2D eigenvalue weighted by atomic mass is 10.2. The summed E-state index contributed by atoms with van der Waals surface area (Å²) in [6.07, 6.45) is 5.85. The zero-order valence-corrected chi connectivity index (χ0v) is 14.1. The van der Waals surface area contributed by atoms with Crippen LogP contribution in [0.2, 0.25) is 0 Å². The van der Waals surface area contributed by atoms with Crippen LogP contribution in [-0.4, -0.2) is 31.1 Å². The Bertz CT molecular complexity index is 840. The summed E-state index contributed by atoms with van der Waals surface area (Å²) in [5, 5.41) is 16.0. The van der Waals surface area contributed by atoms with E-state index >= 15 is 0 Å². The third kappa shape index (κ3) is 4.87. The maximum atomic E-state index is 9.56. The number of phenols is 1. The van der Waals surface area contributed by atoms with Crippen molar-refractivity contribution in [1.29, 1.82) is 0 Å². The van der Waals surface area contributed by atoms with Crippen molar-refractivity contribution >= 4 is 17.5 Å². The molecule has 3 N–H and O–H groups in total. The van der Waals surface area contributed by atoms with Gasteiger partial charge in [0.1, 0.15) is 11.6 Å². The molecule has 0 aliphatic carbocycles. The lowest BCUT2D eigenvalue weighted by Crippen LogP contribution is -2.20. The number of aromatic hydroxyl groups is 1. The zero-order chi connectivity index (χ0) is 17.6. The minimum atomic E-state index is 0.139. The Labute approximate surface area is 146 Å². The van der Waals surface area contributed by atoms with E-state index in [2.05, 4.69) is 37.5 Å². The normalized spacial score (nSPS) is 11.8. The molecule has 0 saturated heterocycles. The van der Waals surface area contributed by atoms with E-state index in [1.54, 1.807) is 36.8 Å². The van der Waals surface area contributed by atoms with Crippen molar-refractivity contribution in [3.05, 3.63) is 60.3 Å². The second-order valence-electron chi connectivity index (χ2n) is 5.84. The van der Waals surface area contributed by atoms with Gasteiger partial charge in [0.15, 0.2) is 0 Å². The van der Waals surface area contributed by atoms with Crippen LogP contribution in [0.5, 0.6) is 5.75 Å². The summed E-state index contributed by atoms with van der Waals surface area (Å²) in [5.74, 6) is 1.39. The van der Waals surface area contributed by atoms with Gasteiger partial charge in [0.05, 0.1) is 5.69 Å². The highest BCUT2D eigenvalue weighted by Gasteiger charge is 2.08. The molecule has 0 aliphatic heterocycles. The molecule has 0 radical (unpaired) electrons. The molecule has 2 aromatic heterocycles. The number of aromatic nitrogens is 4. The van der Waals surface area contributed by atoms with Crippen LogP contribution in [0.25, 0.3) is 0 Å². The highest BCUT2D eigenvalue weighted by Crippen LogP contribution is 2.20. The third-order valence-corrected chi connectivity index (χ3v) is 3.48. The van der Waals surface area contributed by atoms with Crippen molar-refractivity contribution in [2.75, 3.05) is 10.6 Å². The van der Waals surface area contributed by atoms with Crippen LogP contribution >= 0.6 is 0 Å². The van der Waals surface area contributed by atoms with Crippen LogP contribution in [0.1, 0.15) is 18.3 Å². The summed E-state index contributed by atoms with van der Waals surface area (Å²) in [6, 6.07) is 8.87. The molecular weight excluding hydrogens is 316 g/mol. The van der Waals surface area contributed by atoms with Gasteiger partial charge >= 0.3 is 0 Å². The number of aryl methyl sites for hydroxylation is 1. The maximum Gasteiger partial charge on any atom is 0.229 e. The Kier molecular flexibility index (Phi) is 5.03. The average molecular weight is 336 g/mol. The second-order valence-corrected chi connectivity index (χ2v) is 5.84. The molecule has 1 atom stereocenters. The summed E-state index contributed by atoms with van der Waals surface area (Å²) in [7, 11) is 0. The highest BCUT2D eigenvalue weighted by molar-refractivity contribution is 5.57. The van der Waals surface area contributed by atoms with Crippen LogP contribution in [0.3, 0.4) is 0 Å². The van der Waals surface area contributed by atoms with E-state index in [1.807, 2.05) is 19.1 Å². The Morgan fingerprint density at radius 3 is 2.80 bits per heavy atom. The standard InChI is InChI=1S/C18H20N6O/c1-12(8-15-11-19-6-7-20-15)21-17-9-13(2)22-18(24-17)23-14-4-3-5-16(25)10-14/h3-7,9-12,25H,8H2,1-2H3,(H2,21,22,23,24). The summed E-state index contributed by atoms with van der Waals surface area (Å²) in [4.78, 5) is 17.2. The molecule has 1 unspecified atom stereocenters. The fourth-order valence-corrected chi connectivity index (χ4v) is 2.46. The summed E-state index contributed by atoms with van der Waals surface area (Å²) >= 11 is 0. The lowest BCUT2D eigenvalue weighted by Gasteiger charge is -2.15. The van der Waals surface area contributed by atoms with Crippen LogP contribution < -0.4 is 10.6 Å². The van der Waals surface area contributed by atoms with Gasteiger partial charge in [0, 0.05) is 54.6 Å². The number of rotatable bonds is 6. The molecule has 3 rings (SSSR count). The molecule has 7 nitrogen and oxygen atoms in total. The van der Waals surface area contributed by atoms with Crippen molar-refractivity contribution in [3.8, 4) is 5.75 Å². The van der Waals surface area contributed by atoms with E-state index in [-0.39, 0.29) is 11.8 Å². The van der Waals surface area contributed by atoms with Crippen molar-refractivity contribution in [2.24, 2.45) is 0 Å². The Hall–Kier alpha value is -3.22. The first-order valence-electron chi connectivity index (χ1n) is 8.01. The summed E-state index contributed by atoms with van der Waals surface area (Å²) < 4.78 is 0. The quantitative estimate of drug-likeness (QED) is 0.636. The van der Waals surface area contributed by atoms with Crippen molar-refractivity contribution in [3.63, 3.8) is 0 Å². The largest absolute Gasteiger partial charge is 0.508 e. The van der Waals surface area contributed by atoms with Gasteiger partial charge in [0.25, 0.3) is 0 Å². The van der Waals surface area contributed by atoms with E-state index in [4.69, 9.17) is 0 Å². The van der Waals surface area contributed by atoms with Crippen LogP contribution in [0.4, 0.5) is 17.5 Å². The van der Waals surface area contributed by atoms with E-state index in [9.17, 15) is 5.11 Å². The SMILES string of the molecule is Cc1cc(NC(C)Cc2cnccn2)nc(Nc2cccc(O)c2)n1. The minimum absolute atomic E-state index is 0.139. The molecule has 128 valence electrons. The van der Waals surface area contributed by atoms with Gasteiger partial charge in [-0.1, -0.05) is 6.07 Å². The first-order valence-corrected chi connectivity index (χ1v) is 8.01. The van der Waals surface area contributed by atoms with Crippen molar-refractivity contribution in [1.82, 2.24) is 19.9 Å². The van der Waals surface area contributed by atoms with Gasteiger partial charge in [-0.25, -0.2) is 4.98 Å². The first-order chi connectivity index (χ1) is 12.1. The van der Waals surface area contributed by atoms with Crippen molar-refractivity contribution < 1.29 is 5.11 Å². The molecule has 3 aromatic rings. The fourth-order valence-electron chi connectivity index (χ4n) is 2.46. The highest BCUT2D eigenvalue weighted by atomic mass is 16.3. The Balaban J connectivity index is 1.70. The topological polar surface area (TPSA) is 95.9 Å². The molecule has 0 amide bonds. The number of nitrogens with one attached hydrogen (secondary N) is 2. The number of phenolic OH excluding ortho intramolecular Hbond substituents is 1. The average Bonchev–Trinajstić information content (AvgIpc) is 2.55. The number of anilines is 3. The molecule has 2 heterocycles. The van der Waals surface area contributed by atoms with Gasteiger partial charge in [-0.3, -0.25) is 9.97 Å².